The average Bonchev–Trinajstić information content (AvgIpc) is 1.70. The molecule has 0 aromatic carbocycles. The highest BCUT2D eigenvalue weighted by atomic mass is 19.1. The lowest BCUT2D eigenvalue weighted by atomic mass is 10.1. The monoisotopic (exact) mass is 1510 g/mol. The van der Waals surface area contributed by atoms with E-state index in [1.54, 1.807) is 6.92 Å². The standard InChI is InChI=1S/C11H22FNO.3C10H21NO.C10H23NO.C9H22N2.2C9H21NO.C8H19NO/c1-10(2,3)14-7-9-6-11(4,12)8-13(9)5;3*1-10(2,3)12-8-9-6-5-7-11(9)4;1-6-11(7-2)8-9-12-10(3,4)5;1-9(2,3)11(6)8-7-10(4)5;1-8(7-10(5)6)11-9(2,3)4;1-8(2)10-6-7-11-9(3,4)5;1-8(2,3)10-7-6-9(4)5/h9H,6-8H2,1-5H3;3*9H,5-8H2,1-4H3;6-9H2,1-5H3;7-8H2,1-6H3;8H,7H2,1-6H3;8,10H,6-7H2,1-5H3;6-7H2,1-5H3/t9-,11?;2*9-;;;;;;/m010....../s1. The van der Waals surface area contributed by atoms with E-state index in [4.69, 9.17) is 37.9 Å². The van der Waals surface area contributed by atoms with Gasteiger partial charge in [0.25, 0.3) is 0 Å². The van der Waals surface area contributed by atoms with Crippen molar-refractivity contribution in [3.8, 4) is 0 Å². The molecule has 0 aliphatic carbocycles. The van der Waals surface area contributed by atoms with E-state index in [1.165, 1.54) is 58.2 Å². The highest BCUT2D eigenvalue weighted by Gasteiger charge is 2.39. The van der Waals surface area contributed by atoms with E-state index in [-0.39, 0.29) is 50.9 Å². The topological polar surface area (TPSA) is 115 Å². The predicted octanol–water partition coefficient (Wildman–Crippen LogP) is 16.3. The number of alkyl halides is 1. The fraction of sp³-hybridized carbons (Fsp3) is 1.00. The summed E-state index contributed by atoms with van der Waals surface area (Å²) in [7, 11) is 23.1. The van der Waals surface area contributed by atoms with Gasteiger partial charge in [-0.25, -0.2) is 4.39 Å². The first kappa shape index (κ1) is 113. The molecular weight excluding hydrogens is 1320 g/mol. The van der Waals surface area contributed by atoms with Gasteiger partial charge in [0.15, 0.2) is 0 Å². The van der Waals surface area contributed by atoms with Crippen molar-refractivity contribution in [3.05, 3.63) is 0 Å². The molecule has 4 fully saturated rings. The molecule has 1 N–H and O–H groups in total. The minimum Gasteiger partial charge on any atom is -0.375 e. The fourth-order valence-electron chi connectivity index (χ4n) is 10.6. The largest absolute Gasteiger partial charge is 0.375 e. The molecule has 6 atom stereocenters. The van der Waals surface area contributed by atoms with Crippen LogP contribution in [0.1, 0.15) is 273 Å². The lowest BCUT2D eigenvalue weighted by Crippen LogP contribution is -2.41. The van der Waals surface area contributed by atoms with Crippen molar-refractivity contribution < 1.29 is 42.3 Å². The number of rotatable bonds is 26. The Morgan fingerprint density at radius 1 is 0.410 bits per heavy atom. The van der Waals surface area contributed by atoms with Gasteiger partial charge in [-0.15, -0.1) is 0 Å². The van der Waals surface area contributed by atoms with E-state index in [1.807, 2.05) is 46.8 Å². The smallest absolute Gasteiger partial charge is 0.122 e. The molecule has 0 radical (unpaired) electrons. The second-order valence-electron chi connectivity index (χ2n) is 40.2. The molecule has 0 saturated carbocycles. The summed E-state index contributed by atoms with van der Waals surface area (Å²) in [6, 6.07) is 2.75. The third kappa shape index (κ3) is 82.5. The highest BCUT2D eigenvalue weighted by Crippen LogP contribution is 2.30. The number of nitrogens with one attached hydrogen (secondary N) is 1. The molecule has 18 nitrogen and oxygen atoms in total. The van der Waals surface area contributed by atoms with Crippen LogP contribution in [0.25, 0.3) is 0 Å². The molecule has 0 bridgehead atoms. The van der Waals surface area contributed by atoms with Crippen molar-refractivity contribution in [1.82, 2.24) is 49.4 Å². The Bertz CT molecular complexity index is 1910. The van der Waals surface area contributed by atoms with Gasteiger partial charge in [-0.1, -0.05) is 27.7 Å². The summed E-state index contributed by atoms with van der Waals surface area (Å²) < 4.78 is 58.9. The zero-order valence-corrected chi connectivity index (χ0v) is 79.0. The predicted molar refractivity (Wildman–Crippen MR) is 457 cm³/mol. The number of hydrogen-bond donors (Lipinski definition) is 1. The number of likely N-dealkylation sites (tertiary alicyclic amines) is 4. The van der Waals surface area contributed by atoms with Gasteiger partial charge in [0.1, 0.15) is 5.67 Å². The van der Waals surface area contributed by atoms with Crippen molar-refractivity contribution in [2.24, 2.45) is 0 Å². The molecule has 4 aliphatic rings. The maximum atomic E-state index is 13.6. The Kier molecular flexibility index (Phi) is 59.8. The highest BCUT2D eigenvalue weighted by molar-refractivity contribution is 4.93. The summed E-state index contributed by atoms with van der Waals surface area (Å²) >= 11 is 0. The molecule has 0 amide bonds. The van der Waals surface area contributed by atoms with E-state index >= 15 is 0 Å². The van der Waals surface area contributed by atoms with Gasteiger partial charge in [0.2, 0.25) is 0 Å². The first-order chi connectivity index (χ1) is 47.1. The molecular formula is C86H191FN10O8. The zero-order chi connectivity index (χ0) is 83.4. The molecule has 0 aromatic heterocycles. The van der Waals surface area contributed by atoms with Gasteiger partial charge in [0.05, 0.1) is 97.2 Å². The maximum absolute atomic E-state index is 13.6. The molecule has 4 saturated heterocycles. The Labute approximate surface area is 656 Å². The molecule has 105 heavy (non-hydrogen) atoms. The van der Waals surface area contributed by atoms with Crippen molar-refractivity contribution >= 4 is 0 Å². The van der Waals surface area contributed by atoms with Crippen molar-refractivity contribution in [2.45, 2.75) is 366 Å². The lowest BCUT2D eigenvalue weighted by molar-refractivity contribution is -0.0587. The summed E-state index contributed by atoms with van der Waals surface area (Å²) in [4.78, 5) is 20.4. The van der Waals surface area contributed by atoms with Gasteiger partial charge >= 0.3 is 0 Å². The Morgan fingerprint density at radius 3 is 0.962 bits per heavy atom. The normalized spacial score (nSPS) is 20.7. The van der Waals surface area contributed by atoms with Crippen LogP contribution in [0.3, 0.4) is 0 Å². The molecule has 0 aromatic rings. The van der Waals surface area contributed by atoms with E-state index in [2.05, 4.69) is 302 Å². The molecule has 640 valence electrons. The van der Waals surface area contributed by atoms with E-state index < -0.39 is 5.67 Å². The number of likely N-dealkylation sites (N-methyl/N-ethyl adjacent to an activating group) is 9. The third-order valence-corrected chi connectivity index (χ3v) is 17.0. The summed E-state index contributed by atoms with van der Waals surface area (Å²) in [5.74, 6) is 0. The van der Waals surface area contributed by atoms with Crippen LogP contribution in [0.2, 0.25) is 0 Å². The lowest BCUT2D eigenvalue weighted by Gasteiger charge is -2.32. The van der Waals surface area contributed by atoms with Crippen molar-refractivity contribution in [1.29, 1.82) is 0 Å². The SMILES string of the molecule is CC(C)NCCOC(C)(C)C.CC(CN(C)C)OC(C)(C)C.CCN(CC)CCOC(C)(C)C.CN(C)CCN(C)C(C)(C)C.CN(C)CCOC(C)(C)C.CN1CC(C)(F)C[C@H]1COC(C)(C)C.CN1CCCC1COC(C)(C)C.CN1CCC[C@@H]1COC(C)(C)C.CN1CCC[C@H]1COC(C)(C)C. The van der Waals surface area contributed by atoms with Gasteiger partial charge in [-0.05, 0) is 350 Å². The Balaban J connectivity index is -0.000000358. The molecule has 4 aliphatic heterocycles. The van der Waals surface area contributed by atoms with Crippen LogP contribution < -0.4 is 5.32 Å². The first-order valence-electron chi connectivity index (χ1n) is 40.9. The van der Waals surface area contributed by atoms with Crippen LogP contribution >= 0.6 is 0 Å². The molecule has 3 unspecified atom stereocenters. The minimum atomic E-state index is -1.04. The second kappa shape index (κ2) is 55.6. The molecule has 0 spiro atoms. The molecule has 19 heteroatoms. The number of halogens is 1. The van der Waals surface area contributed by atoms with Crippen molar-refractivity contribution in [2.75, 3.05) is 202 Å². The fourth-order valence-corrected chi connectivity index (χ4v) is 10.6. The van der Waals surface area contributed by atoms with Gasteiger partial charge < -0.3 is 82.4 Å². The van der Waals surface area contributed by atoms with Crippen molar-refractivity contribution in [3.63, 3.8) is 0 Å². The Morgan fingerprint density at radius 2 is 0.724 bits per heavy atom. The number of hydrogen-bond acceptors (Lipinski definition) is 18. The Hall–Kier alpha value is -0.790. The second-order valence-corrected chi connectivity index (χ2v) is 40.2. The first-order valence-corrected chi connectivity index (χ1v) is 40.9. The van der Waals surface area contributed by atoms with Crippen LogP contribution in [-0.4, -0.2) is 339 Å². The summed E-state index contributed by atoms with van der Waals surface area (Å²) in [5, 5.41) is 3.29. The van der Waals surface area contributed by atoms with Crippen LogP contribution in [0.4, 0.5) is 4.39 Å². The average molecular weight is 1510 g/mol. The van der Waals surface area contributed by atoms with Gasteiger partial charge in [-0.3, -0.25) is 4.90 Å². The van der Waals surface area contributed by atoms with Crippen LogP contribution in [0.15, 0.2) is 0 Å². The summed E-state index contributed by atoms with van der Waals surface area (Å²) in [6.45, 7) is 87.6. The zero-order valence-electron chi connectivity index (χ0n) is 79.0. The van der Waals surface area contributed by atoms with E-state index in [0.717, 1.165) is 92.0 Å². The van der Waals surface area contributed by atoms with Crippen LogP contribution in [0.5, 0.6) is 0 Å². The maximum Gasteiger partial charge on any atom is 0.122 e. The minimum absolute atomic E-state index is 0.00133. The molecule has 4 heterocycles. The third-order valence-electron chi connectivity index (χ3n) is 17.0. The van der Waals surface area contributed by atoms with E-state index in [0.29, 0.717) is 55.4 Å². The summed E-state index contributed by atoms with van der Waals surface area (Å²) in [5.41, 5.74) is -0.819. The van der Waals surface area contributed by atoms with Crippen LogP contribution in [0, 0.1) is 0 Å². The number of nitrogens with zero attached hydrogens (tertiary/aromatic N) is 9. The quantitative estimate of drug-likeness (QED) is 0.0828. The molecule has 4 rings (SSSR count). The van der Waals surface area contributed by atoms with Gasteiger partial charge in [0, 0.05) is 88.0 Å². The van der Waals surface area contributed by atoms with E-state index in [9.17, 15) is 4.39 Å². The van der Waals surface area contributed by atoms with Gasteiger partial charge in [-0.2, -0.15) is 0 Å². The summed E-state index contributed by atoms with van der Waals surface area (Å²) in [6.07, 6.45) is 8.77. The van der Waals surface area contributed by atoms with Crippen LogP contribution in [-0.2, 0) is 37.9 Å². The number of ether oxygens (including phenoxy) is 8.